The van der Waals surface area contributed by atoms with Crippen LogP contribution in [0.4, 0.5) is 0 Å². The molecule has 0 amide bonds. The number of methoxy groups -OCH3 is 1. The minimum atomic E-state index is -0.848. The van der Waals surface area contributed by atoms with Gasteiger partial charge in [0.15, 0.2) is 0 Å². The van der Waals surface area contributed by atoms with Gasteiger partial charge in [0.05, 0.1) is 13.5 Å². The van der Waals surface area contributed by atoms with Crippen LogP contribution in [0.15, 0.2) is 54.7 Å². The molecule has 3 aromatic rings. The van der Waals surface area contributed by atoms with E-state index in [0.29, 0.717) is 30.5 Å². The summed E-state index contributed by atoms with van der Waals surface area (Å²) in [6, 6.07) is 15.3. The highest BCUT2D eigenvalue weighted by molar-refractivity contribution is 5.85. The fraction of sp³-hybridized carbons (Fsp3) is 0.348. The SMILES string of the molecule is CC(C)NCC(O)COc1cccc2[nH]ccc12.COc1ccccc1CC(=O)O. The molecule has 30 heavy (non-hydrogen) atoms. The van der Waals surface area contributed by atoms with Crippen molar-refractivity contribution in [3.8, 4) is 11.5 Å². The topological polar surface area (TPSA) is 104 Å². The molecule has 0 radical (unpaired) electrons. The zero-order valence-corrected chi connectivity index (χ0v) is 17.6. The Labute approximate surface area is 176 Å². The van der Waals surface area contributed by atoms with E-state index in [-0.39, 0.29) is 6.42 Å². The lowest BCUT2D eigenvalue weighted by Crippen LogP contribution is -2.35. The first-order valence-electron chi connectivity index (χ1n) is 9.84. The van der Waals surface area contributed by atoms with Gasteiger partial charge in [0.25, 0.3) is 0 Å². The third-order valence-electron chi connectivity index (χ3n) is 4.28. The molecule has 1 atom stereocenters. The summed E-state index contributed by atoms with van der Waals surface area (Å²) in [6.45, 7) is 4.94. The molecule has 2 aromatic carbocycles. The van der Waals surface area contributed by atoms with Crippen molar-refractivity contribution in [2.24, 2.45) is 0 Å². The number of ether oxygens (including phenoxy) is 2. The Balaban J connectivity index is 0.000000232. The molecule has 7 heteroatoms. The van der Waals surface area contributed by atoms with Gasteiger partial charge < -0.3 is 30.0 Å². The van der Waals surface area contributed by atoms with E-state index in [2.05, 4.69) is 10.3 Å². The summed E-state index contributed by atoms with van der Waals surface area (Å²) in [7, 11) is 1.53. The Morgan fingerprint density at radius 2 is 1.83 bits per heavy atom. The second-order valence-corrected chi connectivity index (χ2v) is 7.11. The van der Waals surface area contributed by atoms with Gasteiger partial charge in [-0.2, -0.15) is 0 Å². The van der Waals surface area contributed by atoms with Gasteiger partial charge in [-0.25, -0.2) is 0 Å². The number of aliphatic hydroxyl groups is 1. The van der Waals surface area contributed by atoms with Crippen LogP contribution in [0.25, 0.3) is 10.9 Å². The van der Waals surface area contributed by atoms with Crippen LogP contribution in [0.3, 0.4) is 0 Å². The summed E-state index contributed by atoms with van der Waals surface area (Å²) < 4.78 is 10.6. The lowest BCUT2D eigenvalue weighted by Gasteiger charge is -2.15. The van der Waals surface area contributed by atoms with Crippen LogP contribution in [-0.2, 0) is 11.2 Å². The molecule has 1 aromatic heterocycles. The predicted molar refractivity (Wildman–Crippen MR) is 117 cm³/mol. The van der Waals surface area contributed by atoms with Crippen LogP contribution < -0.4 is 14.8 Å². The van der Waals surface area contributed by atoms with Crippen LogP contribution in [-0.4, -0.2) is 53.6 Å². The highest BCUT2D eigenvalue weighted by Gasteiger charge is 2.08. The van der Waals surface area contributed by atoms with Crippen LogP contribution in [0.2, 0.25) is 0 Å². The first-order valence-corrected chi connectivity index (χ1v) is 9.84. The summed E-state index contributed by atoms with van der Waals surface area (Å²) in [5, 5.41) is 22.5. The van der Waals surface area contributed by atoms with Crippen molar-refractivity contribution in [3.63, 3.8) is 0 Å². The van der Waals surface area contributed by atoms with Crippen LogP contribution in [0.5, 0.6) is 11.5 Å². The quantitative estimate of drug-likeness (QED) is 0.429. The van der Waals surface area contributed by atoms with Crippen molar-refractivity contribution in [1.29, 1.82) is 0 Å². The van der Waals surface area contributed by atoms with Crippen LogP contribution in [0, 0.1) is 0 Å². The number of carbonyl (C=O) groups is 1. The number of carboxylic acid groups (broad SMARTS) is 1. The Morgan fingerprint density at radius 3 is 2.53 bits per heavy atom. The number of hydrogen-bond acceptors (Lipinski definition) is 5. The van der Waals surface area contributed by atoms with E-state index in [1.54, 1.807) is 18.2 Å². The number of H-pyrrole nitrogens is 1. The number of aromatic amines is 1. The average Bonchev–Trinajstić information content (AvgIpc) is 3.20. The molecule has 0 saturated carbocycles. The molecule has 0 spiro atoms. The molecular formula is C23H30N2O5. The van der Waals surface area contributed by atoms with E-state index in [4.69, 9.17) is 14.6 Å². The van der Waals surface area contributed by atoms with Crippen molar-refractivity contribution in [2.45, 2.75) is 32.4 Å². The smallest absolute Gasteiger partial charge is 0.307 e. The van der Waals surface area contributed by atoms with Crippen LogP contribution in [0.1, 0.15) is 19.4 Å². The number of fused-ring (bicyclic) bond motifs is 1. The molecule has 0 saturated heterocycles. The van der Waals surface area contributed by atoms with Gasteiger partial charge in [0.1, 0.15) is 24.2 Å². The third kappa shape index (κ3) is 7.42. The Morgan fingerprint density at radius 1 is 1.10 bits per heavy atom. The number of aliphatic carboxylic acids is 1. The molecule has 0 aliphatic heterocycles. The van der Waals surface area contributed by atoms with Crippen LogP contribution >= 0.6 is 0 Å². The molecule has 0 aliphatic rings. The molecule has 4 N–H and O–H groups in total. The summed E-state index contributed by atoms with van der Waals surface area (Å²) in [6.07, 6.45) is 1.39. The molecule has 3 rings (SSSR count). The van der Waals surface area contributed by atoms with E-state index >= 15 is 0 Å². The van der Waals surface area contributed by atoms with E-state index < -0.39 is 12.1 Å². The maximum Gasteiger partial charge on any atom is 0.307 e. The van der Waals surface area contributed by atoms with E-state index in [0.717, 1.165) is 16.7 Å². The maximum absolute atomic E-state index is 10.4. The average molecular weight is 415 g/mol. The molecule has 1 heterocycles. The van der Waals surface area contributed by atoms with Gasteiger partial charge in [-0.05, 0) is 24.3 Å². The van der Waals surface area contributed by atoms with Crippen molar-refractivity contribution in [1.82, 2.24) is 10.3 Å². The lowest BCUT2D eigenvalue weighted by molar-refractivity contribution is -0.136. The Hall–Kier alpha value is -3.03. The van der Waals surface area contributed by atoms with Crippen molar-refractivity contribution < 1.29 is 24.5 Å². The lowest BCUT2D eigenvalue weighted by atomic mass is 10.1. The van der Waals surface area contributed by atoms with Gasteiger partial charge in [-0.3, -0.25) is 4.79 Å². The third-order valence-corrected chi connectivity index (χ3v) is 4.28. The number of aliphatic hydroxyl groups excluding tert-OH is 1. The minimum Gasteiger partial charge on any atom is -0.496 e. The van der Waals surface area contributed by atoms with E-state index in [1.165, 1.54) is 7.11 Å². The second-order valence-electron chi connectivity index (χ2n) is 7.11. The number of aromatic nitrogens is 1. The van der Waals surface area contributed by atoms with Crippen molar-refractivity contribution >= 4 is 16.9 Å². The Kier molecular flexibility index (Phi) is 9.18. The largest absolute Gasteiger partial charge is 0.496 e. The fourth-order valence-electron chi connectivity index (χ4n) is 2.81. The summed E-state index contributed by atoms with van der Waals surface area (Å²) in [5.74, 6) is 0.580. The van der Waals surface area contributed by atoms with E-state index in [1.807, 2.05) is 50.4 Å². The molecule has 1 unspecified atom stereocenters. The van der Waals surface area contributed by atoms with Crippen molar-refractivity contribution in [3.05, 3.63) is 60.3 Å². The summed E-state index contributed by atoms with van der Waals surface area (Å²) in [5.41, 5.74) is 1.75. The normalized spacial score (nSPS) is 11.6. The molecule has 162 valence electrons. The maximum atomic E-state index is 10.4. The first-order chi connectivity index (χ1) is 14.4. The minimum absolute atomic E-state index is 0.00398. The monoisotopic (exact) mass is 414 g/mol. The fourth-order valence-corrected chi connectivity index (χ4v) is 2.81. The molecule has 0 aliphatic carbocycles. The predicted octanol–water partition coefficient (Wildman–Crippen LogP) is 3.23. The number of nitrogens with one attached hydrogen (secondary N) is 2. The van der Waals surface area contributed by atoms with Gasteiger partial charge in [-0.1, -0.05) is 38.1 Å². The molecule has 0 fully saturated rings. The standard InChI is InChI=1S/C14H20N2O2.C9H10O3/c1-10(2)16-8-11(17)9-18-14-5-3-4-13-12(14)6-7-15-13;1-12-8-5-3-2-4-7(8)6-9(10)11/h3-7,10-11,15-17H,8-9H2,1-2H3;2-5H,6H2,1H3,(H,10,11). The number of para-hydroxylation sites is 1. The molecular weight excluding hydrogens is 384 g/mol. The summed E-state index contributed by atoms with van der Waals surface area (Å²) in [4.78, 5) is 13.5. The second kappa shape index (κ2) is 11.8. The zero-order chi connectivity index (χ0) is 21.9. The molecule has 7 nitrogen and oxygen atoms in total. The summed E-state index contributed by atoms with van der Waals surface area (Å²) >= 11 is 0. The van der Waals surface area contributed by atoms with Gasteiger partial charge >= 0.3 is 5.97 Å². The highest BCUT2D eigenvalue weighted by Crippen LogP contribution is 2.24. The first kappa shape index (κ1) is 23.3. The van der Waals surface area contributed by atoms with Gasteiger partial charge in [0, 0.05) is 35.2 Å². The number of rotatable bonds is 9. The van der Waals surface area contributed by atoms with Gasteiger partial charge in [0.2, 0.25) is 0 Å². The van der Waals surface area contributed by atoms with Crippen molar-refractivity contribution in [2.75, 3.05) is 20.3 Å². The molecule has 0 bridgehead atoms. The zero-order valence-electron chi connectivity index (χ0n) is 17.6. The number of hydrogen-bond donors (Lipinski definition) is 4. The highest BCUT2D eigenvalue weighted by atomic mass is 16.5. The number of carboxylic acids is 1. The Bertz CT molecular complexity index is 923. The van der Waals surface area contributed by atoms with Gasteiger partial charge in [-0.15, -0.1) is 0 Å². The van der Waals surface area contributed by atoms with E-state index in [9.17, 15) is 9.90 Å². The number of benzene rings is 2.